The lowest BCUT2D eigenvalue weighted by Crippen LogP contribution is -2.08. The Bertz CT molecular complexity index is 624. The second-order valence-corrected chi connectivity index (χ2v) is 4.66. The number of hydrogen-bond donors (Lipinski definition) is 1. The lowest BCUT2D eigenvalue weighted by atomic mass is 10.2. The molecular formula is C12H8F3NO3S. The molecule has 0 bridgehead atoms. The molecule has 106 valence electrons. The molecule has 0 aliphatic heterocycles. The van der Waals surface area contributed by atoms with Gasteiger partial charge in [-0.15, -0.1) is 11.3 Å². The van der Waals surface area contributed by atoms with Crippen LogP contribution in [0, 0.1) is 0 Å². The van der Waals surface area contributed by atoms with E-state index in [2.05, 4.69) is 4.98 Å². The molecule has 0 spiro atoms. The number of aromatic nitrogens is 1. The van der Waals surface area contributed by atoms with E-state index in [4.69, 9.17) is 9.84 Å². The third kappa shape index (κ3) is 3.27. The van der Waals surface area contributed by atoms with Crippen molar-refractivity contribution in [2.24, 2.45) is 0 Å². The Balaban J connectivity index is 2.13. The SMILES string of the molecule is O=C(O)c1csc(COc2ccccc2C(F)(F)F)n1. The number of carboxylic acid groups (broad SMARTS) is 1. The molecule has 1 N–H and O–H groups in total. The van der Waals surface area contributed by atoms with E-state index in [0.29, 0.717) is 5.01 Å². The minimum atomic E-state index is -4.51. The Kier molecular flexibility index (Phi) is 3.93. The molecule has 0 amide bonds. The molecule has 0 saturated heterocycles. The molecule has 20 heavy (non-hydrogen) atoms. The van der Waals surface area contributed by atoms with Gasteiger partial charge in [0.2, 0.25) is 0 Å². The minimum Gasteiger partial charge on any atom is -0.486 e. The largest absolute Gasteiger partial charge is 0.486 e. The van der Waals surface area contributed by atoms with Crippen LogP contribution < -0.4 is 4.74 Å². The van der Waals surface area contributed by atoms with Crippen molar-refractivity contribution in [3.63, 3.8) is 0 Å². The van der Waals surface area contributed by atoms with Gasteiger partial charge in [-0.1, -0.05) is 12.1 Å². The highest BCUT2D eigenvalue weighted by Crippen LogP contribution is 2.36. The zero-order valence-electron chi connectivity index (χ0n) is 9.85. The van der Waals surface area contributed by atoms with Gasteiger partial charge in [-0.2, -0.15) is 13.2 Å². The van der Waals surface area contributed by atoms with Gasteiger partial charge in [-0.25, -0.2) is 9.78 Å². The maximum atomic E-state index is 12.7. The number of ether oxygens (including phenoxy) is 1. The summed E-state index contributed by atoms with van der Waals surface area (Å²) in [6.45, 7) is -0.217. The van der Waals surface area contributed by atoms with Crippen molar-refractivity contribution in [3.05, 3.63) is 45.9 Å². The van der Waals surface area contributed by atoms with Crippen LogP contribution in [0.2, 0.25) is 0 Å². The summed E-state index contributed by atoms with van der Waals surface area (Å²) in [6.07, 6.45) is -4.51. The van der Waals surface area contributed by atoms with Crippen LogP contribution in [0.4, 0.5) is 13.2 Å². The van der Waals surface area contributed by atoms with Crippen LogP contribution in [-0.4, -0.2) is 16.1 Å². The zero-order valence-corrected chi connectivity index (χ0v) is 10.7. The lowest BCUT2D eigenvalue weighted by molar-refractivity contribution is -0.139. The lowest BCUT2D eigenvalue weighted by Gasteiger charge is -2.12. The average molecular weight is 303 g/mol. The molecule has 2 rings (SSSR count). The van der Waals surface area contributed by atoms with Gasteiger partial charge in [0, 0.05) is 5.38 Å². The Labute approximate surface area is 115 Å². The summed E-state index contributed by atoms with van der Waals surface area (Å²) >= 11 is 1.01. The maximum Gasteiger partial charge on any atom is 0.419 e. The molecule has 1 aromatic heterocycles. The van der Waals surface area contributed by atoms with Crippen molar-refractivity contribution >= 4 is 17.3 Å². The number of thiazole rings is 1. The Hall–Kier alpha value is -2.09. The standard InChI is InChI=1S/C12H8F3NO3S/c13-12(14,15)7-3-1-2-4-9(7)19-5-10-16-8(6-20-10)11(17)18/h1-4,6H,5H2,(H,17,18). The van der Waals surface area contributed by atoms with Crippen LogP contribution in [0.3, 0.4) is 0 Å². The smallest absolute Gasteiger partial charge is 0.419 e. The van der Waals surface area contributed by atoms with Crippen molar-refractivity contribution in [1.29, 1.82) is 0 Å². The Morgan fingerprint density at radius 3 is 2.65 bits per heavy atom. The number of halogens is 3. The second kappa shape index (κ2) is 5.49. The van der Waals surface area contributed by atoms with Crippen LogP contribution in [0.1, 0.15) is 21.1 Å². The molecule has 0 atom stereocenters. The molecule has 0 radical (unpaired) electrons. The van der Waals surface area contributed by atoms with E-state index in [0.717, 1.165) is 17.4 Å². The Morgan fingerprint density at radius 1 is 1.35 bits per heavy atom. The van der Waals surface area contributed by atoms with Gasteiger partial charge in [-0.3, -0.25) is 0 Å². The molecular weight excluding hydrogens is 295 g/mol. The monoisotopic (exact) mass is 303 g/mol. The molecule has 8 heteroatoms. The van der Waals surface area contributed by atoms with Crippen molar-refractivity contribution in [3.8, 4) is 5.75 Å². The number of nitrogens with zero attached hydrogens (tertiary/aromatic N) is 1. The van der Waals surface area contributed by atoms with Crippen molar-refractivity contribution in [2.75, 3.05) is 0 Å². The van der Waals surface area contributed by atoms with E-state index in [9.17, 15) is 18.0 Å². The second-order valence-electron chi connectivity index (χ2n) is 3.71. The number of para-hydroxylation sites is 1. The summed E-state index contributed by atoms with van der Waals surface area (Å²) in [4.78, 5) is 14.4. The van der Waals surface area contributed by atoms with Crippen LogP contribution >= 0.6 is 11.3 Å². The molecule has 0 unspecified atom stereocenters. The number of aromatic carboxylic acids is 1. The van der Waals surface area contributed by atoms with Crippen LogP contribution in [0.25, 0.3) is 0 Å². The molecule has 0 fully saturated rings. The van der Waals surface area contributed by atoms with Gasteiger partial charge >= 0.3 is 12.1 Å². The van der Waals surface area contributed by atoms with Crippen molar-refractivity contribution < 1.29 is 27.8 Å². The van der Waals surface area contributed by atoms with E-state index in [1.807, 2.05) is 0 Å². The van der Waals surface area contributed by atoms with Gasteiger partial charge in [0.05, 0.1) is 5.56 Å². The maximum absolute atomic E-state index is 12.7. The summed E-state index contributed by atoms with van der Waals surface area (Å²) < 4.78 is 43.2. The quantitative estimate of drug-likeness (QED) is 0.940. The number of benzene rings is 1. The topological polar surface area (TPSA) is 59.4 Å². The molecule has 2 aromatic rings. The first-order valence-corrected chi connectivity index (χ1v) is 6.22. The third-order valence-corrected chi connectivity index (χ3v) is 3.14. The number of hydrogen-bond acceptors (Lipinski definition) is 4. The fraction of sp³-hybridized carbons (Fsp3) is 0.167. The fourth-order valence-electron chi connectivity index (χ4n) is 1.44. The molecule has 0 saturated carbocycles. The van der Waals surface area contributed by atoms with Crippen molar-refractivity contribution in [2.45, 2.75) is 12.8 Å². The summed E-state index contributed by atoms with van der Waals surface area (Å²) in [5.74, 6) is -1.50. The van der Waals surface area contributed by atoms with Crippen molar-refractivity contribution in [1.82, 2.24) is 4.98 Å². The van der Waals surface area contributed by atoms with E-state index in [1.54, 1.807) is 0 Å². The first kappa shape index (κ1) is 14.3. The normalized spacial score (nSPS) is 11.3. The van der Waals surface area contributed by atoms with Gasteiger partial charge in [0.25, 0.3) is 0 Å². The van der Waals surface area contributed by atoms with E-state index in [1.165, 1.54) is 23.6 Å². The first-order chi connectivity index (χ1) is 9.38. The summed E-state index contributed by atoms with van der Waals surface area (Å²) in [5.41, 5.74) is -1.03. The van der Waals surface area contributed by atoms with Gasteiger partial charge < -0.3 is 9.84 Å². The number of alkyl halides is 3. The average Bonchev–Trinajstić information content (AvgIpc) is 2.84. The van der Waals surface area contributed by atoms with Gasteiger partial charge in [-0.05, 0) is 12.1 Å². The number of rotatable bonds is 4. The zero-order chi connectivity index (χ0) is 14.8. The first-order valence-electron chi connectivity index (χ1n) is 5.34. The van der Waals surface area contributed by atoms with E-state index < -0.39 is 17.7 Å². The fourth-order valence-corrected chi connectivity index (χ4v) is 2.12. The predicted octanol–water partition coefficient (Wildman–Crippen LogP) is 3.44. The highest BCUT2D eigenvalue weighted by molar-refractivity contribution is 7.09. The van der Waals surface area contributed by atoms with E-state index in [-0.39, 0.29) is 18.1 Å². The van der Waals surface area contributed by atoms with Gasteiger partial charge in [0.1, 0.15) is 17.4 Å². The summed E-state index contributed by atoms with van der Waals surface area (Å²) in [6, 6.07) is 4.81. The van der Waals surface area contributed by atoms with E-state index >= 15 is 0 Å². The number of carbonyl (C=O) groups is 1. The summed E-state index contributed by atoms with van der Waals surface area (Å²) in [7, 11) is 0. The molecule has 0 aliphatic carbocycles. The molecule has 0 aliphatic rings. The van der Waals surface area contributed by atoms with Crippen LogP contribution in [-0.2, 0) is 12.8 Å². The molecule has 4 nitrogen and oxygen atoms in total. The molecule has 1 aromatic carbocycles. The highest BCUT2D eigenvalue weighted by Gasteiger charge is 2.34. The van der Waals surface area contributed by atoms with Crippen LogP contribution in [0.15, 0.2) is 29.6 Å². The van der Waals surface area contributed by atoms with Crippen LogP contribution in [0.5, 0.6) is 5.75 Å². The Morgan fingerprint density at radius 2 is 2.05 bits per heavy atom. The number of carboxylic acids is 1. The third-order valence-electron chi connectivity index (χ3n) is 2.31. The summed E-state index contributed by atoms with van der Waals surface area (Å²) in [5, 5.41) is 10.3. The van der Waals surface area contributed by atoms with Gasteiger partial charge in [0.15, 0.2) is 5.69 Å². The molecule has 1 heterocycles. The predicted molar refractivity (Wildman–Crippen MR) is 64.8 cm³/mol. The minimum absolute atomic E-state index is 0.155. The highest BCUT2D eigenvalue weighted by atomic mass is 32.1.